The molecule has 19 heavy (non-hydrogen) atoms. The molecule has 2 aromatic carbocycles. The molecule has 0 radical (unpaired) electrons. The molecule has 0 saturated heterocycles. The summed E-state index contributed by atoms with van der Waals surface area (Å²) < 4.78 is 11.7. The lowest BCUT2D eigenvalue weighted by Gasteiger charge is -2.10. The molecule has 0 aliphatic heterocycles. The van der Waals surface area contributed by atoms with E-state index < -0.39 is 6.10 Å². The fourth-order valence-corrected chi connectivity index (χ4v) is 2.07. The maximum absolute atomic E-state index is 9.44. The van der Waals surface area contributed by atoms with E-state index in [2.05, 4.69) is 15.9 Å². The number of aliphatic hydroxyl groups is 1. The first-order chi connectivity index (χ1) is 9.10. The van der Waals surface area contributed by atoms with Crippen LogP contribution in [0.3, 0.4) is 0 Å². The number of rotatable bonds is 4. The number of benzene rings is 2. The molecule has 0 bridgehead atoms. The summed E-state index contributed by atoms with van der Waals surface area (Å²) in [6, 6.07) is 12.9. The van der Waals surface area contributed by atoms with Gasteiger partial charge in [0.15, 0.2) is 0 Å². The number of aliphatic hydroxyl groups excluding tert-OH is 1. The van der Waals surface area contributed by atoms with Gasteiger partial charge in [-0.25, -0.2) is 0 Å². The van der Waals surface area contributed by atoms with Gasteiger partial charge in [-0.15, -0.1) is 0 Å². The van der Waals surface area contributed by atoms with Crippen LogP contribution in [0, 0.1) is 0 Å². The third-order valence-corrected chi connectivity index (χ3v) is 3.35. The Balaban J connectivity index is 2.16. The van der Waals surface area contributed by atoms with Crippen LogP contribution in [0.15, 0.2) is 46.9 Å². The maximum Gasteiger partial charge on any atom is 0.141 e. The van der Waals surface area contributed by atoms with E-state index in [1.807, 2.05) is 42.5 Å². The molecule has 1 N–H and O–H groups in total. The third kappa shape index (κ3) is 3.49. The van der Waals surface area contributed by atoms with Crippen molar-refractivity contribution in [2.75, 3.05) is 7.11 Å². The minimum atomic E-state index is -0.471. The van der Waals surface area contributed by atoms with Gasteiger partial charge in [0.1, 0.15) is 17.2 Å². The van der Waals surface area contributed by atoms with Crippen molar-refractivity contribution in [3.63, 3.8) is 0 Å². The van der Waals surface area contributed by atoms with Gasteiger partial charge in [0.05, 0.1) is 17.7 Å². The van der Waals surface area contributed by atoms with Gasteiger partial charge in [0, 0.05) is 0 Å². The number of ether oxygens (including phenoxy) is 2. The van der Waals surface area contributed by atoms with Gasteiger partial charge in [-0.05, 0) is 58.7 Å². The van der Waals surface area contributed by atoms with Gasteiger partial charge in [-0.2, -0.15) is 0 Å². The lowest BCUT2D eigenvalue weighted by molar-refractivity contribution is 0.199. The SMILES string of the molecule is COc1ccc(Oc2ccc(C(C)O)cc2)c(Br)c1. The number of methoxy groups -OCH3 is 1. The van der Waals surface area contributed by atoms with Crippen molar-refractivity contribution in [3.8, 4) is 17.2 Å². The minimum Gasteiger partial charge on any atom is -0.497 e. The first-order valence-electron chi connectivity index (χ1n) is 5.89. The molecule has 2 aromatic rings. The van der Waals surface area contributed by atoms with Crippen molar-refractivity contribution in [2.24, 2.45) is 0 Å². The second-order valence-corrected chi connectivity index (χ2v) is 5.00. The standard InChI is InChI=1S/C15H15BrO3/c1-10(17)11-3-5-12(6-4-11)19-15-8-7-13(18-2)9-14(15)16/h3-10,17H,1-2H3. The molecular formula is C15H15BrO3. The summed E-state index contributed by atoms with van der Waals surface area (Å²) in [7, 11) is 1.62. The predicted octanol–water partition coefficient (Wildman–Crippen LogP) is 4.30. The number of halogens is 1. The van der Waals surface area contributed by atoms with E-state index in [9.17, 15) is 5.11 Å². The van der Waals surface area contributed by atoms with Crippen LogP contribution in [0.2, 0.25) is 0 Å². The highest BCUT2D eigenvalue weighted by atomic mass is 79.9. The van der Waals surface area contributed by atoms with Crippen LogP contribution in [-0.4, -0.2) is 12.2 Å². The highest BCUT2D eigenvalue weighted by Crippen LogP contribution is 2.33. The molecule has 0 aromatic heterocycles. The highest BCUT2D eigenvalue weighted by Gasteiger charge is 2.05. The number of hydrogen-bond acceptors (Lipinski definition) is 3. The quantitative estimate of drug-likeness (QED) is 0.911. The molecule has 2 rings (SSSR count). The average Bonchev–Trinajstić information content (AvgIpc) is 2.41. The van der Waals surface area contributed by atoms with Gasteiger partial charge in [-0.3, -0.25) is 0 Å². The molecule has 1 unspecified atom stereocenters. The van der Waals surface area contributed by atoms with E-state index >= 15 is 0 Å². The van der Waals surface area contributed by atoms with Crippen molar-refractivity contribution in [1.29, 1.82) is 0 Å². The van der Waals surface area contributed by atoms with Crippen LogP contribution in [0.25, 0.3) is 0 Å². The third-order valence-electron chi connectivity index (χ3n) is 2.73. The van der Waals surface area contributed by atoms with Gasteiger partial charge in [0.2, 0.25) is 0 Å². The van der Waals surface area contributed by atoms with Gasteiger partial charge in [-0.1, -0.05) is 12.1 Å². The van der Waals surface area contributed by atoms with E-state index in [-0.39, 0.29) is 0 Å². The molecule has 4 heteroatoms. The molecule has 3 nitrogen and oxygen atoms in total. The monoisotopic (exact) mass is 322 g/mol. The second kappa shape index (κ2) is 6.08. The van der Waals surface area contributed by atoms with E-state index in [1.165, 1.54) is 0 Å². The normalized spacial score (nSPS) is 12.0. The zero-order chi connectivity index (χ0) is 13.8. The zero-order valence-corrected chi connectivity index (χ0v) is 12.3. The Bertz CT molecular complexity index is 550. The minimum absolute atomic E-state index is 0.471. The van der Waals surface area contributed by atoms with Crippen molar-refractivity contribution in [3.05, 3.63) is 52.5 Å². The summed E-state index contributed by atoms with van der Waals surface area (Å²) >= 11 is 3.44. The summed E-state index contributed by atoms with van der Waals surface area (Å²) in [5.74, 6) is 2.20. The van der Waals surface area contributed by atoms with Crippen LogP contribution in [0.4, 0.5) is 0 Å². The molecule has 0 heterocycles. The van der Waals surface area contributed by atoms with Crippen molar-refractivity contribution < 1.29 is 14.6 Å². The van der Waals surface area contributed by atoms with Crippen LogP contribution >= 0.6 is 15.9 Å². The van der Waals surface area contributed by atoms with Gasteiger partial charge >= 0.3 is 0 Å². The Morgan fingerprint density at radius 1 is 1.05 bits per heavy atom. The molecule has 0 spiro atoms. The molecule has 0 amide bonds. The molecule has 0 saturated carbocycles. The van der Waals surface area contributed by atoms with Crippen LogP contribution in [-0.2, 0) is 0 Å². The summed E-state index contributed by atoms with van der Waals surface area (Å²) in [5.41, 5.74) is 0.862. The smallest absolute Gasteiger partial charge is 0.141 e. The maximum atomic E-state index is 9.44. The molecule has 0 aliphatic rings. The largest absolute Gasteiger partial charge is 0.497 e. The molecule has 0 aliphatic carbocycles. The van der Waals surface area contributed by atoms with E-state index in [4.69, 9.17) is 9.47 Å². The van der Waals surface area contributed by atoms with Crippen molar-refractivity contribution in [2.45, 2.75) is 13.0 Å². The lowest BCUT2D eigenvalue weighted by Crippen LogP contribution is -1.91. The predicted molar refractivity (Wildman–Crippen MR) is 77.8 cm³/mol. The molecule has 100 valence electrons. The van der Waals surface area contributed by atoms with Gasteiger partial charge < -0.3 is 14.6 Å². The fraction of sp³-hybridized carbons (Fsp3) is 0.200. The van der Waals surface area contributed by atoms with Crippen LogP contribution < -0.4 is 9.47 Å². The Hall–Kier alpha value is -1.52. The Morgan fingerprint density at radius 3 is 2.21 bits per heavy atom. The molecular weight excluding hydrogens is 308 g/mol. The Labute approximate surface area is 120 Å². The van der Waals surface area contributed by atoms with Gasteiger partial charge in [0.25, 0.3) is 0 Å². The lowest BCUT2D eigenvalue weighted by atomic mass is 10.1. The summed E-state index contributed by atoms with van der Waals surface area (Å²) in [4.78, 5) is 0. The first-order valence-corrected chi connectivity index (χ1v) is 6.69. The van der Waals surface area contributed by atoms with E-state index in [0.717, 1.165) is 21.5 Å². The number of hydrogen-bond donors (Lipinski definition) is 1. The Kier molecular flexibility index (Phi) is 4.45. The van der Waals surface area contributed by atoms with E-state index in [0.29, 0.717) is 5.75 Å². The zero-order valence-electron chi connectivity index (χ0n) is 10.8. The van der Waals surface area contributed by atoms with E-state index in [1.54, 1.807) is 14.0 Å². The topological polar surface area (TPSA) is 38.7 Å². The van der Waals surface area contributed by atoms with Crippen molar-refractivity contribution in [1.82, 2.24) is 0 Å². The second-order valence-electron chi connectivity index (χ2n) is 4.14. The summed E-state index contributed by atoms with van der Waals surface area (Å²) in [5, 5.41) is 9.44. The van der Waals surface area contributed by atoms with Crippen LogP contribution in [0.5, 0.6) is 17.2 Å². The molecule has 1 atom stereocenters. The van der Waals surface area contributed by atoms with Crippen molar-refractivity contribution >= 4 is 15.9 Å². The molecule has 0 fully saturated rings. The average molecular weight is 323 g/mol. The summed E-state index contributed by atoms with van der Waals surface area (Å²) in [6.07, 6.45) is -0.471. The highest BCUT2D eigenvalue weighted by molar-refractivity contribution is 9.10. The fourth-order valence-electron chi connectivity index (χ4n) is 1.63. The van der Waals surface area contributed by atoms with Crippen LogP contribution in [0.1, 0.15) is 18.6 Å². The Morgan fingerprint density at radius 2 is 1.68 bits per heavy atom. The summed E-state index contributed by atoms with van der Waals surface area (Å²) in [6.45, 7) is 1.73. The first kappa shape index (κ1) is 13.9.